The van der Waals surface area contributed by atoms with Crippen molar-refractivity contribution in [3.63, 3.8) is 0 Å². The molecular weight excluding hydrogens is 254 g/mol. The van der Waals surface area contributed by atoms with Crippen LogP contribution in [0.1, 0.15) is 17.9 Å². The Balaban J connectivity index is 1.87. The highest BCUT2D eigenvalue weighted by atomic mass is 16.5. The van der Waals surface area contributed by atoms with Crippen molar-refractivity contribution in [1.29, 1.82) is 0 Å². The number of hydrogen-bond donors (Lipinski definition) is 1. The minimum atomic E-state index is -0.0116. The molecule has 20 heavy (non-hydrogen) atoms. The summed E-state index contributed by atoms with van der Waals surface area (Å²) >= 11 is 0. The fourth-order valence-electron chi connectivity index (χ4n) is 2.01. The molecule has 106 valence electrons. The van der Waals surface area contributed by atoms with Gasteiger partial charge in [-0.15, -0.1) is 0 Å². The first-order chi connectivity index (χ1) is 9.56. The molecule has 2 aromatic rings. The molecule has 2 N–H and O–H groups in total. The molecule has 1 heterocycles. The van der Waals surface area contributed by atoms with Crippen LogP contribution in [-0.2, 0) is 6.54 Å². The van der Waals surface area contributed by atoms with Gasteiger partial charge in [-0.3, -0.25) is 9.36 Å². The van der Waals surface area contributed by atoms with Crippen molar-refractivity contribution in [2.45, 2.75) is 26.8 Å². The van der Waals surface area contributed by atoms with E-state index in [0.29, 0.717) is 18.8 Å². The van der Waals surface area contributed by atoms with Gasteiger partial charge in [0.05, 0.1) is 6.61 Å². The zero-order chi connectivity index (χ0) is 14.5. The fourth-order valence-corrected chi connectivity index (χ4v) is 2.01. The van der Waals surface area contributed by atoms with Gasteiger partial charge in [0.25, 0.3) is 5.56 Å². The first-order valence-electron chi connectivity index (χ1n) is 6.59. The number of nitrogens with two attached hydrogens (primary N) is 1. The average molecular weight is 273 g/mol. The second-order valence-electron chi connectivity index (χ2n) is 4.71. The van der Waals surface area contributed by atoms with Gasteiger partial charge in [-0.25, -0.2) is 4.98 Å². The number of aryl methyl sites for hydroxylation is 2. The lowest BCUT2D eigenvalue weighted by atomic mass is 10.3. The Kier molecular flexibility index (Phi) is 4.40. The highest BCUT2D eigenvalue weighted by Crippen LogP contribution is 2.13. The Morgan fingerprint density at radius 1 is 1.25 bits per heavy atom. The van der Waals surface area contributed by atoms with Gasteiger partial charge in [0.2, 0.25) is 0 Å². The number of ether oxygens (including phenoxy) is 1. The van der Waals surface area contributed by atoms with Gasteiger partial charge in [-0.2, -0.15) is 0 Å². The molecule has 0 saturated heterocycles. The molecule has 0 amide bonds. The lowest BCUT2D eigenvalue weighted by Crippen LogP contribution is -2.24. The van der Waals surface area contributed by atoms with Crippen LogP contribution >= 0.6 is 0 Å². The van der Waals surface area contributed by atoms with Gasteiger partial charge >= 0.3 is 0 Å². The van der Waals surface area contributed by atoms with Crippen molar-refractivity contribution in [3.8, 4) is 5.75 Å². The van der Waals surface area contributed by atoms with E-state index in [1.165, 1.54) is 0 Å². The Morgan fingerprint density at radius 3 is 2.60 bits per heavy atom. The van der Waals surface area contributed by atoms with Crippen LogP contribution in [0, 0.1) is 13.8 Å². The number of rotatable bonds is 5. The van der Waals surface area contributed by atoms with Crippen LogP contribution in [0.4, 0.5) is 5.69 Å². The van der Waals surface area contributed by atoms with Gasteiger partial charge in [-0.05, 0) is 44.5 Å². The molecule has 0 aliphatic carbocycles. The summed E-state index contributed by atoms with van der Waals surface area (Å²) < 4.78 is 7.26. The van der Waals surface area contributed by atoms with E-state index < -0.39 is 0 Å². The second kappa shape index (κ2) is 6.23. The molecule has 5 heteroatoms. The Bertz CT molecular complexity index is 633. The average Bonchev–Trinajstić information content (AvgIpc) is 2.39. The van der Waals surface area contributed by atoms with Gasteiger partial charge in [-0.1, -0.05) is 0 Å². The summed E-state index contributed by atoms with van der Waals surface area (Å²) in [6.45, 7) is 4.81. The summed E-state index contributed by atoms with van der Waals surface area (Å²) in [6.07, 6.45) is 0.746. The Hall–Kier alpha value is -2.30. The molecule has 1 aromatic heterocycles. The SMILES string of the molecule is Cc1cc(=O)n(CCCOc2ccc(N)cc2)c(C)n1. The molecule has 0 spiro atoms. The van der Waals surface area contributed by atoms with E-state index in [9.17, 15) is 4.79 Å². The molecule has 0 fully saturated rings. The molecule has 0 radical (unpaired) electrons. The Labute approximate surface area is 118 Å². The lowest BCUT2D eigenvalue weighted by Gasteiger charge is -2.10. The van der Waals surface area contributed by atoms with E-state index in [4.69, 9.17) is 10.5 Å². The maximum absolute atomic E-state index is 11.8. The predicted molar refractivity (Wildman–Crippen MR) is 78.9 cm³/mol. The van der Waals surface area contributed by atoms with E-state index in [2.05, 4.69) is 4.98 Å². The minimum absolute atomic E-state index is 0.0116. The van der Waals surface area contributed by atoms with Crippen LogP contribution in [0.3, 0.4) is 0 Å². The monoisotopic (exact) mass is 273 g/mol. The predicted octanol–water partition coefficient (Wildman–Crippen LogP) is 1.91. The lowest BCUT2D eigenvalue weighted by molar-refractivity contribution is 0.300. The zero-order valence-electron chi connectivity index (χ0n) is 11.8. The fraction of sp³-hybridized carbons (Fsp3) is 0.333. The molecule has 5 nitrogen and oxygen atoms in total. The van der Waals surface area contributed by atoms with Crippen molar-refractivity contribution in [2.24, 2.45) is 0 Å². The van der Waals surface area contributed by atoms with Gasteiger partial charge < -0.3 is 10.5 Å². The highest BCUT2D eigenvalue weighted by molar-refractivity contribution is 5.41. The summed E-state index contributed by atoms with van der Waals surface area (Å²) in [5.41, 5.74) is 7.06. The van der Waals surface area contributed by atoms with E-state index in [0.717, 1.165) is 23.7 Å². The third kappa shape index (κ3) is 3.60. The summed E-state index contributed by atoms with van der Waals surface area (Å²) in [7, 11) is 0. The number of hydrogen-bond acceptors (Lipinski definition) is 4. The number of nitrogens with zero attached hydrogens (tertiary/aromatic N) is 2. The second-order valence-corrected chi connectivity index (χ2v) is 4.71. The quantitative estimate of drug-likeness (QED) is 0.667. The van der Waals surface area contributed by atoms with E-state index in [-0.39, 0.29) is 5.56 Å². The van der Waals surface area contributed by atoms with Crippen molar-refractivity contribution < 1.29 is 4.74 Å². The van der Waals surface area contributed by atoms with Crippen molar-refractivity contribution in [1.82, 2.24) is 9.55 Å². The van der Waals surface area contributed by atoms with Crippen LogP contribution in [0.5, 0.6) is 5.75 Å². The minimum Gasteiger partial charge on any atom is -0.494 e. The molecule has 0 bridgehead atoms. The van der Waals surface area contributed by atoms with Crippen LogP contribution in [0.2, 0.25) is 0 Å². The third-order valence-corrected chi connectivity index (χ3v) is 3.00. The standard InChI is InChI=1S/C15H19N3O2/c1-11-10-15(19)18(12(2)17-11)8-3-9-20-14-6-4-13(16)5-7-14/h4-7,10H,3,8-9,16H2,1-2H3. The normalized spacial score (nSPS) is 10.5. The van der Waals surface area contributed by atoms with Gasteiger partial charge in [0, 0.05) is 24.0 Å². The maximum Gasteiger partial charge on any atom is 0.253 e. The summed E-state index contributed by atoms with van der Waals surface area (Å²) in [5.74, 6) is 1.52. The van der Waals surface area contributed by atoms with E-state index >= 15 is 0 Å². The molecular formula is C15H19N3O2. The number of nitrogen functional groups attached to an aromatic ring is 1. The highest BCUT2D eigenvalue weighted by Gasteiger charge is 2.02. The zero-order valence-corrected chi connectivity index (χ0v) is 11.8. The number of anilines is 1. The topological polar surface area (TPSA) is 70.1 Å². The third-order valence-electron chi connectivity index (χ3n) is 3.00. The van der Waals surface area contributed by atoms with Crippen molar-refractivity contribution in [2.75, 3.05) is 12.3 Å². The molecule has 0 saturated carbocycles. The van der Waals surface area contributed by atoms with Gasteiger partial charge in [0.15, 0.2) is 0 Å². The molecule has 0 aliphatic rings. The van der Waals surface area contributed by atoms with Crippen LogP contribution in [0.15, 0.2) is 35.1 Å². The van der Waals surface area contributed by atoms with Crippen molar-refractivity contribution in [3.05, 3.63) is 52.2 Å². The van der Waals surface area contributed by atoms with Crippen molar-refractivity contribution >= 4 is 5.69 Å². The molecule has 0 atom stereocenters. The molecule has 0 unspecified atom stereocenters. The van der Waals surface area contributed by atoms with E-state index in [1.807, 2.05) is 26.0 Å². The first kappa shape index (κ1) is 14.1. The largest absolute Gasteiger partial charge is 0.494 e. The van der Waals surface area contributed by atoms with Crippen LogP contribution in [0.25, 0.3) is 0 Å². The molecule has 0 aliphatic heterocycles. The molecule has 2 rings (SSSR count). The maximum atomic E-state index is 11.8. The summed E-state index contributed by atoms with van der Waals surface area (Å²) in [5, 5.41) is 0. The number of benzene rings is 1. The molecule has 1 aromatic carbocycles. The number of aromatic nitrogens is 2. The summed E-state index contributed by atoms with van der Waals surface area (Å²) in [4.78, 5) is 16.1. The van der Waals surface area contributed by atoms with Crippen LogP contribution < -0.4 is 16.0 Å². The summed E-state index contributed by atoms with van der Waals surface area (Å²) in [6, 6.07) is 8.82. The Morgan fingerprint density at radius 2 is 1.95 bits per heavy atom. The van der Waals surface area contributed by atoms with Gasteiger partial charge in [0.1, 0.15) is 11.6 Å². The van der Waals surface area contributed by atoms with E-state index in [1.54, 1.807) is 22.8 Å². The van der Waals surface area contributed by atoms with Crippen LogP contribution in [-0.4, -0.2) is 16.2 Å². The smallest absolute Gasteiger partial charge is 0.253 e. The first-order valence-corrected chi connectivity index (χ1v) is 6.59.